The molecular formula is C11H25N5O. The Bertz CT molecular complexity index is 200. The lowest BCUT2D eigenvalue weighted by Crippen LogP contribution is -2.44. The molecule has 0 aromatic heterocycles. The molecule has 1 aliphatic heterocycles. The second-order valence-electron chi connectivity index (χ2n) is 4.20. The predicted molar refractivity (Wildman–Crippen MR) is 69.1 cm³/mol. The highest BCUT2D eigenvalue weighted by atomic mass is 16.1. The van der Waals surface area contributed by atoms with Gasteiger partial charge in [-0.25, -0.2) is 0 Å². The zero-order valence-corrected chi connectivity index (χ0v) is 10.7. The van der Waals surface area contributed by atoms with E-state index in [1.807, 2.05) is 0 Å². The summed E-state index contributed by atoms with van der Waals surface area (Å²) in [7, 11) is 1.68. The molecule has 0 atom stereocenters. The standard InChI is InChI=1S/C11H25N5O/c1-12-11(17)10-16-8-6-14-4-2-13-3-5-15-7-9-16/h13-15H,2-10H2,1H3,(H,12,17). The minimum Gasteiger partial charge on any atom is -0.358 e. The van der Waals surface area contributed by atoms with Crippen molar-refractivity contribution in [3.8, 4) is 0 Å². The van der Waals surface area contributed by atoms with Crippen molar-refractivity contribution in [2.75, 3.05) is 66.0 Å². The van der Waals surface area contributed by atoms with Gasteiger partial charge in [0.2, 0.25) is 5.91 Å². The second kappa shape index (κ2) is 9.35. The SMILES string of the molecule is CNC(=O)CN1CCNCCNCCNCC1. The van der Waals surface area contributed by atoms with Gasteiger partial charge in [-0.15, -0.1) is 0 Å². The van der Waals surface area contributed by atoms with Crippen LogP contribution in [-0.2, 0) is 4.79 Å². The maximum Gasteiger partial charge on any atom is 0.233 e. The molecule has 1 saturated heterocycles. The molecule has 0 aromatic carbocycles. The van der Waals surface area contributed by atoms with Crippen LogP contribution in [0.5, 0.6) is 0 Å². The van der Waals surface area contributed by atoms with E-state index in [2.05, 4.69) is 26.2 Å². The Kier molecular flexibility index (Phi) is 7.91. The Balaban J connectivity index is 2.29. The van der Waals surface area contributed by atoms with Gasteiger partial charge in [0.15, 0.2) is 0 Å². The van der Waals surface area contributed by atoms with E-state index in [4.69, 9.17) is 0 Å². The van der Waals surface area contributed by atoms with E-state index in [1.54, 1.807) is 7.05 Å². The number of likely N-dealkylation sites (N-methyl/N-ethyl adjacent to an activating group) is 1. The van der Waals surface area contributed by atoms with Gasteiger partial charge in [-0.2, -0.15) is 0 Å². The third kappa shape index (κ3) is 7.27. The van der Waals surface area contributed by atoms with E-state index in [1.165, 1.54) is 0 Å². The Hall–Kier alpha value is -0.690. The maximum atomic E-state index is 11.4. The molecule has 0 aromatic rings. The number of nitrogens with zero attached hydrogens (tertiary/aromatic N) is 1. The number of hydrogen-bond donors (Lipinski definition) is 4. The first-order valence-corrected chi connectivity index (χ1v) is 6.38. The van der Waals surface area contributed by atoms with Gasteiger partial charge in [-0.1, -0.05) is 0 Å². The van der Waals surface area contributed by atoms with E-state index in [0.29, 0.717) is 6.54 Å². The van der Waals surface area contributed by atoms with Crippen LogP contribution in [0.3, 0.4) is 0 Å². The zero-order chi connectivity index (χ0) is 12.3. The number of rotatable bonds is 2. The molecule has 17 heavy (non-hydrogen) atoms. The van der Waals surface area contributed by atoms with Crippen molar-refractivity contribution in [3.63, 3.8) is 0 Å². The van der Waals surface area contributed by atoms with E-state index in [-0.39, 0.29) is 5.91 Å². The fourth-order valence-electron chi connectivity index (χ4n) is 1.75. The van der Waals surface area contributed by atoms with Crippen LogP contribution >= 0.6 is 0 Å². The Morgan fingerprint density at radius 2 is 1.47 bits per heavy atom. The van der Waals surface area contributed by atoms with Gasteiger partial charge in [0, 0.05) is 59.4 Å². The molecule has 100 valence electrons. The van der Waals surface area contributed by atoms with Gasteiger partial charge in [0.25, 0.3) is 0 Å². The molecule has 0 spiro atoms. The van der Waals surface area contributed by atoms with E-state index >= 15 is 0 Å². The van der Waals surface area contributed by atoms with Crippen LogP contribution in [0.25, 0.3) is 0 Å². The summed E-state index contributed by atoms with van der Waals surface area (Å²) in [5.41, 5.74) is 0. The molecule has 0 unspecified atom stereocenters. The first-order chi connectivity index (χ1) is 8.33. The van der Waals surface area contributed by atoms with E-state index < -0.39 is 0 Å². The molecule has 1 rings (SSSR count). The smallest absolute Gasteiger partial charge is 0.233 e. The fourth-order valence-corrected chi connectivity index (χ4v) is 1.75. The largest absolute Gasteiger partial charge is 0.358 e. The second-order valence-corrected chi connectivity index (χ2v) is 4.20. The topological polar surface area (TPSA) is 68.4 Å². The summed E-state index contributed by atoms with van der Waals surface area (Å²) in [6.07, 6.45) is 0. The highest BCUT2D eigenvalue weighted by molar-refractivity contribution is 5.77. The van der Waals surface area contributed by atoms with Crippen LogP contribution in [-0.4, -0.2) is 76.8 Å². The summed E-state index contributed by atoms with van der Waals surface area (Å²) < 4.78 is 0. The van der Waals surface area contributed by atoms with Crippen molar-refractivity contribution in [2.24, 2.45) is 0 Å². The fraction of sp³-hybridized carbons (Fsp3) is 0.909. The van der Waals surface area contributed by atoms with Crippen LogP contribution in [0, 0.1) is 0 Å². The van der Waals surface area contributed by atoms with Crippen molar-refractivity contribution < 1.29 is 4.79 Å². The molecule has 0 aliphatic carbocycles. The quantitative estimate of drug-likeness (QED) is 0.444. The van der Waals surface area contributed by atoms with Gasteiger partial charge in [-0.05, 0) is 0 Å². The summed E-state index contributed by atoms with van der Waals surface area (Å²) in [5.74, 6) is 0.0822. The molecule has 1 aliphatic rings. The van der Waals surface area contributed by atoms with Gasteiger partial charge in [-0.3, -0.25) is 9.69 Å². The lowest BCUT2D eigenvalue weighted by atomic mass is 10.4. The maximum absolute atomic E-state index is 11.4. The molecule has 6 heteroatoms. The van der Waals surface area contributed by atoms with E-state index in [0.717, 1.165) is 52.4 Å². The molecule has 0 saturated carbocycles. The van der Waals surface area contributed by atoms with Crippen LogP contribution in [0.2, 0.25) is 0 Å². The van der Waals surface area contributed by atoms with Gasteiger partial charge >= 0.3 is 0 Å². The predicted octanol–water partition coefficient (Wildman–Crippen LogP) is -2.18. The lowest BCUT2D eigenvalue weighted by molar-refractivity contribution is -0.121. The van der Waals surface area contributed by atoms with Crippen LogP contribution in [0.4, 0.5) is 0 Å². The first-order valence-electron chi connectivity index (χ1n) is 6.38. The summed E-state index contributed by atoms with van der Waals surface area (Å²) >= 11 is 0. The average Bonchev–Trinajstić information content (AvgIpc) is 2.32. The number of carbonyl (C=O) groups excluding carboxylic acids is 1. The Morgan fingerprint density at radius 1 is 1.00 bits per heavy atom. The third-order valence-electron chi connectivity index (χ3n) is 2.81. The summed E-state index contributed by atoms with van der Waals surface area (Å²) in [6, 6.07) is 0. The van der Waals surface area contributed by atoms with Crippen molar-refractivity contribution in [3.05, 3.63) is 0 Å². The minimum absolute atomic E-state index is 0.0822. The number of carbonyl (C=O) groups is 1. The summed E-state index contributed by atoms with van der Waals surface area (Å²) in [4.78, 5) is 13.5. The average molecular weight is 243 g/mol. The van der Waals surface area contributed by atoms with Crippen molar-refractivity contribution >= 4 is 5.91 Å². The van der Waals surface area contributed by atoms with Crippen LogP contribution < -0.4 is 21.3 Å². The van der Waals surface area contributed by atoms with E-state index in [9.17, 15) is 4.79 Å². The number of nitrogens with one attached hydrogen (secondary N) is 4. The summed E-state index contributed by atoms with van der Waals surface area (Å²) in [5, 5.41) is 12.8. The van der Waals surface area contributed by atoms with Crippen molar-refractivity contribution in [2.45, 2.75) is 0 Å². The molecule has 0 bridgehead atoms. The molecule has 6 nitrogen and oxygen atoms in total. The lowest BCUT2D eigenvalue weighted by Gasteiger charge is -2.22. The summed E-state index contributed by atoms with van der Waals surface area (Å²) in [6.45, 7) is 8.12. The van der Waals surface area contributed by atoms with Crippen molar-refractivity contribution in [1.82, 2.24) is 26.2 Å². The normalized spacial score (nSPS) is 21.2. The van der Waals surface area contributed by atoms with Gasteiger partial charge in [0.1, 0.15) is 0 Å². The number of amides is 1. The Labute approximate surface area is 104 Å². The highest BCUT2D eigenvalue weighted by Gasteiger charge is 2.09. The molecule has 0 radical (unpaired) electrons. The van der Waals surface area contributed by atoms with Crippen molar-refractivity contribution in [1.29, 1.82) is 0 Å². The third-order valence-corrected chi connectivity index (χ3v) is 2.81. The first kappa shape index (κ1) is 14.4. The molecule has 1 amide bonds. The highest BCUT2D eigenvalue weighted by Crippen LogP contribution is 1.87. The molecular weight excluding hydrogens is 218 g/mol. The Morgan fingerprint density at radius 3 is 1.94 bits per heavy atom. The minimum atomic E-state index is 0.0822. The molecule has 4 N–H and O–H groups in total. The van der Waals surface area contributed by atoms with Crippen LogP contribution in [0.1, 0.15) is 0 Å². The van der Waals surface area contributed by atoms with Crippen LogP contribution in [0.15, 0.2) is 0 Å². The molecule has 1 heterocycles. The zero-order valence-electron chi connectivity index (χ0n) is 10.7. The monoisotopic (exact) mass is 243 g/mol. The molecule has 1 fully saturated rings. The van der Waals surface area contributed by atoms with Gasteiger partial charge in [0.05, 0.1) is 6.54 Å². The number of hydrogen-bond acceptors (Lipinski definition) is 5. The van der Waals surface area contributed by atoms with Gasteiger partial charge < -0.3 is 21.3 Å².